The lowest BCUT2D eigenvalue weighted by atomic mass is 10.1. The van der Waals surface area contributed by atoms with Crippen LogP contribution >= 0.6 is 0 Å². The van der Waals surface area contributed by atoms with Crippen LogP contribution in [0.15, 0.2) is 58.5 Å². The summed E-state index contributed by atoms with van der Waals surface area (Å²) in [5, 5.41) is 4.16. The summed E-state index contributed by atoms with van der Waals surface area (Å²) in [5.74, 6) is -0.389. The van der Waals surface area contributed by atoms with Crippen LogP contribution in [-0.4, -0.2) is 51.5 Å². The SMILES string of the molecule is C/C(=N/NC(=O)c1ccc(S(=O)(=O)N2CCCC2)cc1)c1ccc(N(C)C)cc1. The summed E-state index contributed by atoms with van der Waals surface area (Å²) < 4.78 is 26.6. The van der Waals surface area contributed by atoms with Crippen LogP contribution in [0.5, 0.6) is 0 Å². The molecule has 2 aromatic rings. The van der Waals surface area contributed by atoms with E-state index in [2.05, 4.69) is 10.5 Å². The Morgan fingerprint density at radius 2 is 1.52 bits per heavy atom. The maximum absolute atomic E-state index is 12.6. The predicted molar refractivity (Wildman–Crippen MR) is 115 cm³/mol. The highest BCUT2D eigenvalue weighted by molar-refractivity contribution is 7.89. The number of hydrogen-bond donors (Lipinski definition) is 1. The Morgan fingerprint density at radius 3 is 2.07 bits per heavy atom. The molecule has 154 valence electrons. The van der Waals surface area contributed by atoms with Crippen molar-refractivity contribution >= 4 is 27.3 Å². The minimum atomic E-state index is -3.48. The summed E-state index contributed by atoms with van der Waals surface area (Å²) in [5.41, 5.74) is 5.54. The second-order valence-corrected chi connectivity index (χ2v) is 9.15. The number of nitrogens with one attached hydrogen (secondary N) is 1. The van der Waals surface area contributed by atoms with Gasteiger partial charge in [0.2, 0.25) is 10.0 Å². The highest BCUT2D eigenvalue weighted by Crippen LogP contribution is 2.21. The van der Waals surface area contributed by atoms with Crippen molar-refractivity contribution in [2.75, 3.05) is 32.1 Å². The summed E-state index contributed by atoms with van der Waals surface area (Å²) in [7, 11) is 0.458. The lowest BCUT2D eigenvalue weighted by Crippen LogP contribution is -2.28. The number of carbonyl (C=O) groups is 1. The molecule has 0 aromatic heterocycles. The molecule has 29 heavy (non-hydrogen) atoms. The van der Waals surface area contributed by atoms with E-state index in [0.717, 1.165) is 24.1 Å². The van der Waals surface area contributed by atoms with Crippen LogP contribution in [0.4, 0.5) is 5.69 Å². The molecular weight excluding hydrogens is 388 g/mol. The van der Waals surface area contributed by atoms with Crippen LogP contribution in [0.25, 0.3) is 0 Å². The molecule has 0 saturated carbocycles. The normalized spacial score (nSPS) is 15.3. The molecule has 3 rings (SSSR count). The average molecular weight is 415 g/mol. The van der Waals surface area contributed by atoms with Gasteiger partial charge in [-0.1, -0.05) is 12.1 Å². The van der Waals surface area contributed by atoms with Crippen molar-refractivity contribution in [2.24, 2.45) is 5.10 Å². The zero-order chi connectivity index (χ0) is 21.0. The Kier molecular flexibility index (Phi) is 6.34. The van der Waals surface area contributed by atoms with Gasteiger partial charge in [-0.3, -0.25) is 4.79 Å². The number of sulfonamides is 1. The van der Waals surface area contributed by atoms with E-state index in [1.165, 1.54) is 28.6 Å². The number of carbonyl (C=O) groups excluding carboxylic acids is 1. The van der Waals surface area contributed by atoms with Gasteiger partial charge in [0.15, 0.2) is 0 Å². The monoisotopic (exact) mass is 414 g/mol. The van der Waals surface area contributed by atoms with E-state index in [-0.39, 0.29) is 10.8 Å². The van der Waals surface area contributed by atoms with E-state index >= 15 is 0 Å². The Bertz CT molecular complexity index is 991. The van der Waals surface area contributed by atoms with Crippen LogP contribution in [0.2, 0.25) is 0 Å². The second-order valence-electron chi connectivity index (χ2n) is 7.22. The largest absolute Gasteiger partial charge is 0.378 e. The molecule has 1 amide bonds. The fourth-order valence-corrected chi connectivity index (χ4v) is 4.64. The number of nitrogens with zero attached hydrogens (tertiary/aromatic N) is 3. The van der Waals surface area contributed by atoms with Gasteiger partial charge in [-0.05, 0) is 61.7 Å². The molecule has 1 N–H and O–H groups in total. The van der Waals surface area contributed by atoms with Gasteiger partial charge >= 0.3 is 0 Å². The summed E-state index contributed by atoms with van der Waals surface area (Å²) in [6.07, 6.45) is 1.77. The number of hydrogen-bond acceptors (Lipinski definition) is 5. The molecule has 0 aliphatic carbocycles. The number of benzene rings is 2. The van der Waals surface area contributed by atoms with Crippen LogP contribution in [-0.2, 0) is 10.0 Å². The standard InChI is InChI=1S/C21H26N4O3S/c1-16(17-6-10-19(11-7-17)24(2)3)22-23-21(26)18-8-12-20(13-9-18)29(27,28)25-14-4-5-15-25/h6-13H,4-5,14-15H2,1-3H3,(H,23,26)/b22-16-. The molecule has 2 aromatic carbocycles. The number of amides is 1. The van der Waals surface area contributed by atoms with Crippen molar-refractivity contribution in [1.82, 2.24) is 9.73 Å². The predicted octanol–water partition coefficient (Wildman–Crippen LogP) is 2.69. The van der Waals surface area contributed by atoms with Gasteiger partial charge in [-0.15, -0.1) is 0 Å². The molecule has 0 atom stereocenters. The van der Waals surface area contributed by atoms with Crippen molar-refractivity contribution < 1.29 is 13.2 Å². The molecule has 1 heterocycles. The summed E-state index contributed by atoms with van der Waals surface area (Å²) in [6, 6.07) is 13.8. The lowest BCUT2D eigenvalue weighted by molar-refractivity contribution is 0.0954. The van der Waals surface area contributed by atoms with Gasteiger partial charge in [-0.25, -0.2) is 13.8 Å². The third-order valence-corrected chi connectivity index (χ3v) is 6.86. The molecule has 1 saturated heterocycles. The molecule has 1 aliphatic rings. The highest BCUT2D eigenvalue weighted by atomic mass is 32.2. The van der Waals surface area contributed by atoms with Crippen molar-refractivity contribution in [3.63, 3.8) is 0 Å². The van der Waals surface area contributed by atoms with Gasteiger partial charge in [0.05, 0.1) is 10.6 Å². The summed E-state index contributed by atoms with van der Waals surface area (Å²) >= 11 is 0. The van der Waals surface area contributed by atoms with E-state index in [1.54, 1.807) is 0 Å². The third-order valence-electron chi connectivity index (χ3n) is 4.95. The first-order chi connectivity index (χ1) is 13.8. The molecular formula is C21H26N4O3S. The van der Waals surface area contributed by atoms with Crippen LogP contribution < -0.4 is 10.3 Å². The smallest absolute Gasteiger partial charge is 0.271 e. The van der Waals surface area contributed by atoms with Crippen molar-refractivity contribution in [2.45, 2.75) is 24.7 Å². The van der Waals surface area contributed by atoms with Gasteiger partial charge in [0, 0.05) is 38.4 Å². The van der Waals surface area contributed by atoms with Crippen LogP contribution in [0, 0.1) is 0 Å². The van der Waals surface area contributed by atoms with Crippen LogP contribution in [0.3, 0.4) is 0 Å². The van der Waals surface area contributed by atoms with Crippen molar-refractivity contribution in [1.29, 1.82) is 0 Å². The van der Waals surface area contributed by atoms with Crippen LogP contribution in [0.1, 0.15) is 35.7 Å². The maximum atomic E-state index is 12.6. The molecule has 0 spiro atoms. The van der Waals surface area contributed by atoms with Gasteiger partial charge in [-0.2, -0.15) is 9.41 Å². The van der Waals surface area contributed by atoms with E-state index in [4.69, 9.17) is 0 Å². The molecule has 1 fully saturated rings. The Hall–Kier alpha value is -2.71. The zero-order valence-corrected chi connectivity index (χ0v) is 17.7. The van der Waals surface area contributed by atoms with Gasteiger partial charge in [0.25, 0.3) is 5.91 Å². The fourth-order valence-electron chi connectivity index (χ4n) is 3.12. The van der Waals surface area contributed by atoms with Gasteiger partial charge in [0.1, 0.15) is 0 Å². The Morgan fingerprint density at radius 1 is 0.966 bits per heavy atom. The van der Waals surface area contributed by atoms with Crippen molar-refractivity contribution in [3.05, 3.63) is 59.7 Å². The maximum Gasteiger partial charge on any atom is 0.271 e. The lowest BCUT2D eigenvalue weighted by Gasteiger charge is -2.15. The molecule has 8 heteroatoms. The minimum Gasteiger partial charge on any atom is -0.378 e. The molecule has 7 nitrogen and oxygen atoms in total. The quantitative estimate of drug-likeness (QED) is 0.582. The summed E-state index contributed by atoms with van der Waals surface area (Å²) in [6.45, 7) is 2.92. The first-order valence-electron chi connectivity index (χ1n) is 9.51. The Labute approximate surface area is 172 Å². The molecule has 0 radical (unpaired) electrons. The van der Waals surface area contributed by atoms with Gasteiger partial charge < -0.3 is 4.90 Å². The fraction of sp³-hybridized carbons (Fsp3) is 0.333. The van der Waals surface area contributed by atoms with E-state index in [0.29, 0.717) is 24.4 Å². The van der Waals surface area contributed by atoms with E-state index in [9.17, 15) is 13.2 Å². The Balaban J connectivity index is 1.66. The minimum absolute atomic E-state index is 0.205. The zero-order valence-electron chi connectivity index (χ0n) is 16.9. The third kappa shape index (κ3) is 4.83. The number of anilines is 1. The first-order valence-corrected chi connectivity index (χ1v) is 11.0. The molecule has 0 unspecified atom stereocenters. The summed E-state index contributed by atoms with van der Waals surface area (Å²) in [4.78, 5) is 14.6. The number of hydrazone groups is 1. The van der Waals surface area contributed by atoms with E-state index < -0.39 is 10.0 Å². The topological polar surface area (TPSA) is 82.1 Å². The van der Waals surface area contributed by atoms with E-state index in [1.807, 2.05) is 50.2 Å². The molecule has 1 aliphatic heterocycles. The first kappa shape index (κ1) is 21.0. The number of rotatable bonds is 6. The second kappa shape index (κ2) is 8.75. The molecule has 0 bridgehead atoms. The average Bonchev–Trinajstić information content (AvgIpc) is 3.27. The highest BCUT2D eigenvalue weighted by Gasteiger charge is 2.27. The van der Waals surface area contributed by atoms with Crippen molar-refractivity contribution in [3.8, 4) is 0 Å².